The van der Waals surface area contributed by atoms with Crippen LogP contribution in [0.1, 0.15) is 10.4 Å². The molecule has 0 unspecified atom stereocenters. The first kappa shape index (κ1) is 18.1. The molecule has 0 spiro atoms. The molecule has 1 heterocycles. The highest BCUT2D eigenvalue weighted by Gasteiger charge is 2.15. The highest BCUT2D eigenvalue weighted by molar-refractivity contribution is 5.96. The molecule has 0 fully saturated rings. The van der Waals surface area contributed by atoms with E-state index >= 15 is 0 Å². The van der Waals surface area contributed by atoms with Crippen LogP contribution in [0.2, 0.25) is 0 Å². The third-order valence-corrected chi connectivity index (χ3v) is 3.44. The van der Waals surface area contributed by atoms with Crippen molar-refractivity contribution in [2.24, 2.45) is 0 Å². The molecule has 0 amide bonds. The molecule has 0 aliphatic rings. The van der Waals surface area contributed by atoms with Crippen LogP contribution < -0.4 is 10.6 Å². The van der Waals surface area contributed by atoms with Gasteiger partial charge in [0.25, 0.3) is 0 Å². The van der Waals surface area contributed by atoms with E-state index in [0.29, 0.717) is 5.69 Å². The maximum absolute atomic E-state index is 13.8. The van der Waals surface area contributed by atoms with Crippen LogP contribution in [0.4, 0.5) is 36.3 Å². The average Bonchev–Trinajstić information content (AvgIpc) is 2.68. The summed E-state index contributed by atoms with van der Waals surface area (Å²) in [5.41, 5.74) is 0.303. The minimum Gasteiger partial charge on any atom is -0.465 e. The van der Waals surface area contributed by atoms with Crippen molar-refractivity contribution in [2.75, 3.05) is 17.7 Å². The zero-order valence-corrected chi connectivity index (χ0v) is 13.8. The first-order valence-corrected chi connectivity index (χ1v) is 7.54. The van der Waals surface area contributed by atoms with E-state index in [1.807, 2.05) is 0 Å². The van der Waals surface area contributed by atoms with Crippen LogP contribution in [0.25, 0.3) is 0 Å². The Morgan fingerprint density at radius 2 is 1.78 bits per heavy atom. The molecule has 2 N–H and O–H groups in total. The number of hydrogen-bond acceptors (Lipinski definition) is 7. The van der Waals surface area contributed by atoms with Gasteiger partial charge in [-0.05, 0) is 24.3 Å². The summed E-state index contributed by atoms with van der Waals surface area (Å²) in [5, 5.41) is 12.6. The van der Waals surface area contributed by atoms with E-state index in [-0.39, 0.29) is 23.0 Å². The SMILES string of the molecule is COC(=O)c1ccccc1Nc1cnnc(Nc2ccc(F)c(F)c2F)n1. The maximum Gasteiger partial charge on any atom is 0.339 e. The lowest BCUT2D eigenvalue weighted by Crippen LogP contribution is -2.08. The lowest BCUT2D eigenvalue weighted by atomic mass is 10.2. The molecule has 0 saturated carbocycles. The predicted molar refractivity (Wildman–Crippen MR) is 90.5 cm³/mol. The van der Waals surface area contributed by atoms with E-state index in [2.05, 4.69) is 25.8 Å². The van der Waals surface area contributed by atoms with Gasteiger partial charge in [-0.3, -0.25) is 0 Å². The van der Waals surface area contributed by atoms with Gasteiger partial charge in [0.05, 0.1) is 30.2 Å². The summed E-state index contributed by atoms with van der Waals surface area (Å²) < 4.78 is 44.8. The summed E-state index contributed by atoms with van der Waals surface area (Å²) >= 11 is 0. The standard InChI is InChI=1S/C17H12F3N5O2/c1-27-16(26)9-4-2-3-5-11(9)22-13-8-21-25-17(24-13)23-12-7-6-10(18)14(19)15(12)20/h2-8H,1H3,(H2,22,23,24,25). The van der Waals surface area contributed by atoms with Crippen molar-refractivity contribution in [3.8, 4) is 0 Å². The molecule has 3 rings (SSSR count). The van der Waals surface area contributed by atoms with Crippen molar-refractivity contribution in [1.29, 1.82) is 0 Å². The number of ether oxygens (including phenoxy) is 1. The molecule has 10 heteroatoms. The molecule has 0 aliphatic carbocycles. The molecular formula is C17H12F3N5O2. The Bertz CT molecular complexity index is 1000. The van der Waals surface area contributed by atoms with Gasteiger partial charge < -0.3 is 15.4 Å². The lowest BCUT2D eigenvalue weighted by molar-refractivity contribution is 0.0602. The van der Waals surface area contributed by atoms with Crippen molar-refractivity contribution in [3.63, 3.8) is 0 Å². The van der Waals surface area contributed by atoms with Crippen LogP contribution in [0, 0.1) is 17.5 Å². The molecule has 0 radical (unpaired) electrons. The highest BCUT2D eigenvalue weighted by Crippen LogP contribution is 2.23. The highest BCUT2D eigenvalue weighted by atomic mass is 19.2. The zero-order chi connectivity index (χ0) is 19.4. The summed E-state index contributed by atoms with van der Waals surface area (Å²) in [6.45, 7) is 0. The number of carbonyl (C=O) groups is 1. The number of para-hydroxylation sites is 1. The second-order valence-corrected chi connectivity index (χ2v) is 5.18. The Morgan fingerprint density at radius 1 is 1.00 bits per heavy atom. The Kier molecular flexibility index (Phi) is 5.15. The van der Waals surface area contributed by atoms with Gasteiger partial charge >= 0.3 is 5.97 Å². The largest absolute Gasteiger partial charge is 0.465 e. The molecule has 3 aromatic rings. The van der Waals surface area contributed by atoms with Crippen LogP contribution in [0.3, 0.4) is 0 Å². The molecule has 2 aromatic carbocycles. The van der Waals surface area contributed by atoms with Crippen LogP contribution in [-0.2, 0) is 4.74 Å². The molecule has 1 aromatic heterocycles. The number of methoxy groups -OCH3 is 1. The van der Waals surface area contributed by atoms with Gasteiger partial charge in [0.2, 0.25) is 5.95 Å². The number of aromatic nitrogens is 3. The maximum atomic E-state index is 13.8. The molecule has 27 heavy (non-hydrogen) atoms. The van der Waals surface area contributed by atoms with Crippen LogP contribution in [0.15, 0.2) is 42.6 Å². The predicted octanol–water partition coefficient (Wildman–Crippen LogP) is 3.56. The van der Waals surface area contributed by atoms with Gasteiger partial charge in [0.1, 0.15) is 0 Å². The number of hydrogen-bond donors (Lipinski definition) is 2. The van der Waals surface area contributed by atoms with E-state index in [1.54, 1.807) is 24.3 Å². The van der Waals surface area contributed by atoms with Crippen LogP contribution >= 0.6 is 0 Å². The topological polar surface area (TPSA) is 89.0 Å². The average molecular weight is 375 g/mol. The fourth-order valence-electron chi connectivity index (χ4n) is 2.18. The van der Waals surface area contributed by atoms with Crippen molar-refractivity contribution in [3.05, 3.63) is 65.6 Å². The number of carbonyl (C=O) groups excluding carboxylic acids is 1. The number of anilines is 4. The van der Waals surface area contributed by atoms with E-state index in [4.69, 9.17) is 4.74 Å². The van der Waals surface area contributed by atoms with Gasteiger partial charge in [0.15, 0.2) is 23.3 Å². The Hall–Kier alpha value is -3.69. The molecule has 138 valence electrons. The number of rotatable bonds is 5. The van der Waals surface area contributed by atoms with E-state index in [1.165, 1.54) is 13.3 Å². The Morgan fingerprint density at radius 3 is 2.56 bits per heavy atom. The Labute approximate surface area is 151 Å². The van der Waals surface area contributed by atoms with Gasteiger partial charge in [-0.25, -0.2) is 18.0 Å². The lowest BCUT2D eigenvalue weighted by Gasteiger charge is -2.11. The van der Waals surface area contributed by atoms with Crippen molar-refractivity contribution in [2.45, 2.75) is 0 Å². The van der Waals surface area contributed by atoms with Crippen molar-refractivity contribution in [1.82, 2.24) is 15.2 Å². The van der Waals surface area contributed by atoms with Gasteiger partial charge in [-0.1, -0.05) is 12.1 Å². The summed E-state index contributed by atoms with van der Waals surface area (Å²) in [6, 6.07) is 8.30. The van der Waals surface area contributed by atoms with Crippen LogP contribution in [-0.4, -0.2) is 28.3 Å². The summed E-state index contributed by atoms with van der Waals surface area (Å²) in [4.78, 5) is 15.9. The molecule has 0 saturated heterocycles. The fourth-order valence-corrected chi connectivity index (χ4v) is 2.18. The summed E-state index contributed by atoms with van der Waals surface area (Å²) in [6.07, 6.45) is 1.26. The summed E-state index contributed by atoms with van der Waals surface area (Å²) in [5.74, 6) is -4.89. The van der Waals surface area contributed by atoms with E-state index in [0.717, 1.165) is 12.1 Å². The number of nitrogens with zero attached hydrogens (tertiary/aromatic N) is 3. The van der Waals surface area contributed by atoms with Crippen molar-refractivity contribution >= 4 is 29.1 Å². The molecule has 0 aliphatic heterocycles. The quantitative estimate of drug-likeness (QED) is 0.521. The number of esters is 1. The smallest absolute Gasteiger partial charge is 0.339 e. The number of benzene rings is 2. The monoisotopic (exact) mass is 375 g/mol. The molecule has 0 atom stereocenters. The zero-order valence-electron chi connectivity index (χ0n) is 13.8. The van der Waals surface area contributed by atoms with Gasteiger partial charge in [-0.15, -0.1) is 5.10 Å². The first-order valence-electron chi connectivity index (χ1n) is 7.54. The van der Waals surface area contributed by atoms with Gasteiger partial charge in [-0.2, -0.15) is 10.1 Å². The normalized spacial score (nSPS) is 10.4. The molecular weight excluding hydrogens is 363 g/mol. The van der Waals surface area contributed by atoms with E-state index < -0.39 is 23.4 Å². The van der Waals surface area contributed by atoms with E-state index in [9.17, 15) is 18.0 Å². The fraction of sp³-hybridized carbons (Fsp3) is 0.0588. The van der Waals surface area contributed by atoms with Crippen molar-refractivity contribution < 1.29 is 22.7 Å². The number of halogens is 3. The molecule has 7 nitrogen and oxygen atoms in total. The van der Waals surface area contributed by atoms with Crippen LogP contribution in [0.5, 0.6) is 0 Å². The third-order valence-electron chi connectivity index (χ3n) is 3.44. The number of nitrogens with one attached hydrogen (secondary N) is 2. The minimum absolute atomic E-state index is 0.166. The third kappa shape index (κ3) is 3.94. The van der Waals surface area contributed by atoms with Gasteiger partial charge in [0, 0.05) is 0 Å². The first-order chi connectivity index (χ1) is 13.0. The second-order valence-electron chi connectivity index (χ2n) is 5.18. The minimum atomic E-state index is -1.62. The molecule has 0 bridgehead atoms. The second kappa shape index (κ2) is 7.68. The summed E-state index contributed by atoms with van der Waals surface area (Å²) in [7, 11) is 1.25. The Balaban J connectivity index is 1.85.